The number of nitrogens with one attached hydrogen (secondary N) is 1. The molecule has 1 unspecified atom stereocenters. The van der Waals surface area contributed by atoms with Crippen molar-refractivity contribution in [3.8, 4) is 0 Å². The van der Waals surface area contributed by atoms with Gasteiger partial charge in [-0.2, -0.15) is 0 Å². The smallest absolute Gasteiger partial charge is 0.326 e. The number of para-hydroxylation sites is 1. The van der Waals surface area contributed by atoms with Gasteiger partial charge in [0, 0.05) is 12.1 Å². The van der Waals surface area contributed by atoms with E-state index in [9.17, 15) is 14.4 Å². The summed E-state index contributed by atoms with van der Waals surface area (Å²) in [4.78, 5) is 33.2. The molecular formula is C12H14N2O5. The molecule has 0 spiro atoms. The molecular weight excluding hydrogens is 252 g/mol. The summed E-state index contributed by atoms with van der Waals surface area (Å²) in [6, 6.07) is 4.95. The van der Waals surface area contributed by atoms with Gasteiger partial charge in [-0.25, -0.2) is 4.79 Å². The highest BCUT2D eigenvalue weighted by molar-refractivity contribution is 6.00. The van der Waals surface area contributed by atoms with E-state index in [2.05, 4.69) is 5.32 Å². The van der Waals surface area contributed by atoms with Crippen molar-refractivity contribution in [3.05, 3.63) is 29.8 Å². The van der Waals surface area contributed by atoms with Crippen molar-refractivity contribution < 1.29 is 24.6 Å². The number of carbonyl (C=O) groups excluding carboxylic acids is 1. The van der Waals surface area contributed by atoms with Gasteiger partial charge in [0.1, 0.15) is 6.04 Å². The summed E-state index contributed by atoms with van der Waals surface area (Å²) in [6.07, 6.45) is -0.537. The van der Waals surface area contributed by atoms with Gasteiger partial charge in [-0.3, -0.25) is 9.59 Å². The number of nitrogens with two attached hydrogens (primary N) is 1. The van der Waals surface area contributed by atoms with E-state index in [1.807, 2.05) is 0 Å². The topological polar surface area (TPSA) is 130 Å². The predicted octanol–water partition coefficient (Wildman–Crippen LogP) is 0.317. The quantitative estimate of drug-likeness (QED) is 0.548. The Morgan fingerprint density at radius 2 is 1.84 bits per heavy atom. The maximum Gasteiger partial charge on any atom is 0.326 e. The zero-order valence-electron chi connectivity index (χ0n) is 10.00. The molecule has 0 fully saturated rings. The van der Waals surface area contributed by atoms with Crippen LogP contribution in [0.1, 0.15) is 23.2 Å². The van der Waals surface area contributed by atoms with E-state index in [0.717, 1.165) is 0 Å². The Kier molecular flexibility index (Phi) is 4.87. The van der Waals surface area contributed by atoms with Gasteiger partial charge in [0.25, 0.3) is 5.91 Å². The van der Waals surface area contributed by atoms with Crippen LogP contribution in [0.2, 0.25) is 0 Å². The second kappa shape index (κ2) is 6.39. The molecule has 1 atom stereocenters. The van der Waals surface area contributed by atoms with Crippen molar-refractivity contribution in [2.45, 2.75) is 18.9 Å². The first-order valence-corrected chi connectivity index (χ1v) is 5.51. The first kappa shape index (κ1) is 14.5. The lowest BCUT2D eigenvalue weighted by Gasteiger charge is -2.14. The molecule has 0 aromatic heterocycles. The number of carbonyl (C=O) groups is 3. The van der Waals surface area contributed by atoms with Crippen LogP contribution in [0, 0.1) is 0 Å². The Labute approximate surface area is 109 Å². The van der Waals surface area contributed by atoms with Crippen molar-refractivity contribution in [2.75, 3.05) is 5.73 Å². The molecule has 0 saturated carbocycles. The van der Waals surface area contributed by atoms with E-state index in [-0.39, 0.29) is 24.1 Å². The average Bonchev–Trinajstić information content (AvgIpc) is 2.34. The molecule has 19 heavy (non-hydrogen) atoms. The molecule has 1 aromatic carbocycles. The van der Waals surface area contributed by atoms with E-state index in [1.165, 1.54) is 12.1 Å². The lowest BCUT2D eigenvalue weighted by Crippen LogP contribution is -2.41. The second-order valence-electron chi connectivity index (χ2n) is 3.88. The highest BCUT2D eigenvalue weighted by Crippen LogP contribution is 2.11. The van der Waals surface area contributed by atoms with Crippen LogP contribution in [0.5, 0.6) is 0 Å². The number of benzene rings is 1. The molecule has 0 aliphatic heterocycles. The van der Waals surface area contributed by atoms with Gasteiger partial charge in [-0.05, 0) is 18.6 Å². The largest absolute Gasteiger partial charge is 0.481 e. The molecule has 1 aromatic rings. The number of carboxylic acids is 2. The number of anilines is 1. The SMILES string of the molecule is Nc1ccccc1C(=O)NC(CCC(=O)O)C(=O)O. The Morgan fingerprint density at radius 1 is 1.21 bits per heavy atom. The van der Waals surface area contributed by atoms with E-state index < -0.39 is 23.9 Å². The summed E-state index contributed by atoms with van der Waals surface area (Å²) in [7, 11) is 0. The summed E-state index contributed by atoms with van der Waals surface area (Å²) in [5.74, 6) is -3.06. The Balaban J connectivity index is 2.74. The first-order chi connectivity index (χ1) is 8.91. The number of hydrogen-bond donors (Lipinski definition) is 4. The number of carboxylic acid groups (broad SMARTS) is 2. The van der Waals surface area contributed by atoms with Crippen LogP contribution in [0.3, 0.4) is 0 Å². The number of rotatable bonds is 6. The molecule has 102 valence electrons. The molecule has 1 rings (SSSR count). The van der Waals surface area contributed by atoms with Crippen molar-refractivity contribution in [2.24, 2.45) is 0 Å². The third kappa shape index (κ3) is 4.30. The summed E-state index contributed by atoms with van der Waals surface area (Å²) in [6.45, 7) is 0. The van der Waals surface area contributed by atoms with E-state index in [4.69, 9.17) is 15.9 Å². The van der Waals surface area contributed by atoms with Gasteiger partial charge in [-0.1, -0.05) is 12.1 Å². The normalized spacial score (nSPS) is 11.6. The molecule has 0 saturated heterocycles. The van der Waals surface area contributed by atoms with Gasteiger partial charge < -0.3 is 21.3 Å². The van der Waals surface area contributed by atoms with Crippen molar-refractivity contribution in [3.63, 3.8) is 0 Å². The minimum atomic E-state index is -1.29. The monoisotopic (exact) mass is 266 g/mol. The van der Waals surface area contributed by atoms with E-state index >= 15 is 0 Å². The van der Waals surface area contributed by atoms with Crippen molar-refractivity contribution >= 4 is 23.5 Å². The number of aliphatic carboxylic acids is 2. The summed E-state index contributed by atoms with van der Waals surface area (Å²) in [5.41, 5.74) is 5.97. The van der Waals surface area contributed by atoms with Crippen LogP contribution in [-0.4, -0.2) is 34.1 Å². The van der Waals surface area contributed by atoms with Gasteiger partial charge in [0.15, 0.2) is 0 Å². The maximum absolute atomic E-state index is 11.8. The standard InChI is InChI=1S/C12H14N2O5/c13-8-4-2-1-3-7(8)11(17)14-9(12(18)19)5-6-10(15)16/h1-4,9H,5-6,13H2,(H,14,17)(H,15,16)(H,18,19). The Hall–Kier alpha value is -2.57. The molecule has 0 aliphatic rings. The zero-order valence-corrected chi connectivity index (χ0v) is 10.00. The van der Waals surface area contributed by atoms with Crippen LogP contribution >= 0.6 is 0 Å². The van der Waals surface area contributed by atoms with Gasteiger partial charge in [-0.15, -0.1) is 0 Å². The van der Waals surface area contributed by atoms with Crippen LogP contribution in [0.15, 0.2) is 24.3 Å². The molecule has 0 heterocycles. The molecule has 0 radical (unpaired) electrons. The predicted molar refractivity (Wildman–Crippen MR) is 66.6 cm³/mol. The fourth-order valence-electron chi connectivity index (χ4n) is 1.46. The Bertz CT molecular complexity index is 501. The highest BCUT2D eigenvalue weighted by Gasteiger charge is 2.22. The average molecular weight is 266 g/mol. The number of nitrogen functional groups attached to an aromatic ring is 1. The molecule has 1 amide bonds. The van der Waals surface area contributed by atoms with Crippen LogP contribution in [0.25, 0.3) is 0 Å². The van der Waals surface area contributed by atoms with Crippen molar-refractivity contribution in [1.82, 2.24) is 5.32 Å². The molecule has 5 N–H and O–H groups in total. The fraction of sp³-hybridized carbons (Fsp3) is 0.250. The maximum atomic E-state index is 11.8. The second-order valence-corrected chi connectivity index (χ2v) is 3.88. The van der Waals surface area contributed by atoms with Gasteiger partial charge in [0.05, 0.1) is 5.56 Å². The lowest BCUT2D eigenvalue weighted by atomic mass is 10.1. The van der Waals surface area contributed by atoms with Gasteiger partial charge in [0.2, 0.25) is 0 Å². The van der Waals surface area contributed by atoms with E-state index in [0.29, 0.717) is 0 Å². The highest BCUT2D eigenvalue weighted by atomic mass is 16.4. The van der Waals surface area contributed by atoms with Gasteiger partial charge >= 0.3 is 11.9 Å². The summed E-state index contributed by atoms with van der Waals surface area (Å²) >= 11 is 0. The molecule has 7 nitrogen and oxygen atoms in total. The van der Waals surface area contributed by atoms with Crippen LogP contribution in [-0.2, 0) is 9.59 Å². The minimum Gasteiger partial charge on any atom is -0.481 e. The third-order valence-electron chi connectivity index (χ3n) is 2.46. The molecule has 7 heteroatoms. The zero-order chi connectivity index (χ0) is 14.4. The molecule has 0 bridgehead atoms. The Morgan fingerprint density at radius 3 is 2.37 bits per heavy atom. The molecule has 0 aliphatic carbocycles. The number of amides is 1. The van der Waals surface area contributed by atoms with Crippen LogP contribution < -0.4 is 11.1 Å². The van der Waals surface area contributed by atoms with Crippen LogP contribution in [0.4, 0.5) is 5.69 Å². The first-order valence-electron chi connectivity index (χ1n) is 5.51. The summed E-state index contributed by atoms with van der Waals surface area (Å²) in [5, 5.41) is 19.7. The summed E-state index contributed by atoms with van der Waals surface area (Å²) < 4.78 is 0. The lowest BCUT2D eigenvalue weighted by molar-refractivity contribution is -0.140. The fourth-order valence-corrected chi connectivity index (χ4v) is 1.46. The number of hydrogen-bond acceptors (Lipinski definition) is 4. The van der Waals surface area contributed by atoms with Crippen molar-refractivity contribution in [1.29, 1.82) is 0 Å². The minimum absolute atomic E-state index is 0.157. The van der Waals surface area contributed by atoms with E-state index in [1.54, 1.807) is 12.1 Å². The third-order valence-corrected chi connectivity index (χ3v) is 2.46.